The molecule has 1 aromatic carbocycles. The molecule has 0 bridgehead atoms. The molecule has 148 valence electrons. The molecule has 8 nitrogen and oxygen atoms in total. The van der Waals surface area contributed by atoms with Gasteiger partial charge in [-0.15, -0.1) is 0 Å². The van der Waals surface area contributed by atoms with Gasteiger partial charge in [-0.2, -0.15) is 0 Å². The van der Waals surface area contributed by atoms with E-state index in [-0.39, 0.29) is 24.4 Å². The topological polar surface area (TPSA) is 86.9 Å². The third-order valence-electron chi connectivity index (χ3n) is 5.24. The molecule has 0 aliphatic carbocycles. The maximum atomic E-state index is 13.2. The van der Waals surface area contributed by atoms with Crippen LogP contribution < -0.4 is 14.2 Å². The summed E-state index contributed by atoms with van der Waals surface area (Å²) in [5.41, 5.74) is 1.80. The van der Waals surface area contributed by atoms with Gasteiger partial charge in [-0.1, -0.05) is 5.16 Å². The lowest BCUT2D eigenvalue weighted by Gasteiger charge is -2.24. The Bertz CT molecular complexity index is 1060. The molecule has 0 spiro atoms. The van der Waals surface area contributed by atoms with Crippen molar-refractivity contribution in [2.75, 3.05) is 20.4 Å². The van der Waals surface area contributed by atoms with Crippen molar-refractivity contribution in [2.24, 2.45) is 0 Å². The van der Waals surface area contributed by atoms with E-state index in [0.29, 0.717) is 29.6 Å². The SMILES string of the molecule is COc1cccnc1C1CCCN1C(=O)c1cc(-c2ccc3c(c2)OCO3)on1. The molecule has 4 heterocycles. The maximum Gasteiger partial charge on any atom is 0.276 e. The van der Waals surface area contributed by atoms with Crippen molar-refractivity contribution in [1.82, 2.24) is 15.0 Å². The van der Waals surface area contributed by atoms with E-state index in [1.54, 1.807) is 24.3 Å². The molecule has 0 saturated carbocycles. The number of nitrogens with zero attached hydrogens (tertiary/aromatic N) is 3. The van der Waals surface area contributed by atoms with E-state index in [1.807, 2.05) is 30.3 Å². The molecule has 2 aliphatic rings. The summed E-state index contributed by atoms with van der Waals surface area (Å²) in [7, 11) is 1.61. The van der Waals surface area contributed by atoms with Crippen LogP contribution >= 0.6 is 0 Å². The van der Waals surface area contributed by atoms with Crippen LogP contribution in [0.3, 0.4) is 0 Å². The highest BCUT2D eigenvalue weighted by Crippen LogP contribution is 2.38. The third-order valence-corrected chi connectivity index (χ3v) is 5.24. The first-order valence-electron chi connectivity index (χ1n) is 9.41. The number of hydrogen-bond acceptors (Lipinski definition) is 7. The molecule has 2 aliphatic heterocycles. The molecule has 29 heavy (non-hydrogen) atoms. The second kappa shape index (κ2) is 7.12. The smallest absolute Gasteiger partial charge is 0.276 e. The van der Waals surface area contributed by atoms with E-state index in [1.165, 1.54) is 0 Å². The van der Waals surface area contributed by atoms with Crippen molar-refractivity contribution in [3.8, 4) is 28.6 Å². The van der Waals surface area contributed by atoms with Crippen LogP contribution in [-0.4, -0.2) is 41.4 Å². The van der Waals surface area contributed by atoms with Crippen molar-refractivity contribution in [2.45, 2.75) is 18.9 Å². The van der Waals surface area contributed by atoms with Gasteiger partial charge in [-0.25, -0.2) is 0 Å². The molecule has 0 N–H and O–H groups in total. The monoisotopic (exact) mass is 393 g/mol. The number of benzene rings is 1. The number of likely N-dealkylation sites (tertiary alicyclic amines) is 1. The number of hydrogen-bond donors (Lipinski definition) is 0. The molecule has 5 rings (SSSR count). The first-order chi connectivity index (χ1) is 14.2. The summed E-state index contributed by atoms with van der Waals surface area (Å²) in [6.45, 7) is 0.835. The Balaban J connectivity index is 1.41. The Morgan fingerprint density at radius 1 is 1.21 bits per heavy atom. The number of fused-ring (bicyclic) bond motifs is 1. The number of carbonyl (C=O) groups is 1. The minimum atomic E-state index is -0.184. The number of carbonyl (C=O) groups excluding carboxylic acids is 1. The van der Waals surface area contributed by atoms with Gasteiger partial charge in [0.2, 0.25) is 6.79 Å². The van der Waals surface area contributed by atoms with Crippen LogP contribution in [0.5, 0.6) is 17.2 Å². The van der Waals surface area contributed by atoms with Crippen LogP contribution in [0.1, 0.15) is 35.1 Å². The highest BCUT2D eigenvalue weighted by molar-refractivity contribution is 5.93. The van der Waals surface area contributed by atoms with Crippen LogP contribution in [-0.2, 0) is 0 Å². The van der Waals surface area contributed by atoms with E-state index >= 15 is 0 Å². The maximum absolute atomic E-state index is 13.2. The molecule has 1 saturated heterocycles. The molecular weight excluding hydrogens is 374 g/mol. The van der Waals surface area contributed by atoms with E-state index in [0.717, 1.165) is 24.1 Å². The fourth-order valence-electron chi connectivity index (χ4n) is 3.83. The summed E-state index contributed by atoms with van der Waals surface area (Å²) in [4.78, 5) is 19.4. The number of pyridine rings is 1. The molecular formula is C21H19N3O5. The summed E-state index contributed by atoms with van der Waals surface area (Å²) in [5, 5.41) is 4.01. The van der Waals surface area contributed by atoms with Gasteiger partial charge < -0.3 is 23.6 Å². The van der Waals surface area contributed by atoms with Crippen LogP contribution in [0.2, 0.25) is 0 Å². The van der Waals surface area contributed by atoms with Crippen molar-refractivity contribution in [1.29, 1.82) is 0 Å². The van der Waals surface area contributed by atoms with Crippen LogP contribution in [0, 0.1) is 0 Å². The van der Waals surface area contributed by atoms with Crippen molar-refractivity contribution >= 4 is 5.91 Å². The van der Waals surface area contributed by atoms with E-state index in [4.69, 9.17) is 18.7 Å². The minimum absolute atomic E-state index is 0.149. The normalized spacial score (nSPS) is 17.6. The van der Waals surface area contributed by atoms with Crippen molar-refractivity contribution in [3.63, 3.8) is 0 Å². The molecule has 0 radical (unpaired) electrons. The lowest BCUT2D eigenvalue weighted by molar-refractivity contribution is 0.0720. The largest absolute Gasteiger partial charge is 0.495 e. The number of ether oxygens (including phenoxy) is 3. The van der Waals surface area contributed by atoms with Gasteiger partial charge in [0, 0.05) is 24.4 Å². The Morgan fingerprint density at radius 3 is 3.00 bits per heavy atom. The zero-order chi connectivity index (χ0) is 19.8. The van der Waals surface area contributed by atoms with Crippen molar-refractivity contribution in [3.05, 3.63) is 54.0 Å². The highest BCUT2D eigenvalue weighted by atomic mass is 16.7. The second-order valence-electron chi connectivity index (χ2n) is 6.89. The van der Waals surface area contributed by atoms with Gasteiger partial charge in [-0.05, 0) is 43.2 Å². The van der Waals surface area contributed by atoms with Gasteiger partial charge in [0.15, 0.2) is 23.0 Å². The van der Waals surface area contributed by atoms with Gasteiger partial charge in [0.1, 0.15) is 11.4 Å². The van der Waals surface area contributed by atoms with Gasteiger partial charge in [0.25, 0.3) is 5.91 Å². The number of amides is 1. The zero-order valence-corrected chi connectivity index (χ0v) is 15.8. The molecule has 1 amide bonds. The summed E-state index contributed by atoms with van der Waals surface area (Å²) in [6, 6.07) is 10.7. The Labute approximate surface area is 167 Å². The quantitative estimate of drug-likeness (QED) is 0.671. The van der Waals surface area contributed by atoms with E-state index < -0.39 is 0 Å². The average Bonchev–Trinajstić information content (AvgIpc) is 3.52. The fraction of sp³-hybridized carbons (Fsp3) is 0.286. The summed E-state index contributed by atoms with van der Waals surface area (Å²) >= 11 is 0. The van der Waals surface area contributed by atoms with Crippen molar-refractivity contribution < 1.29 is 23.5 Å². The number of aromatic nitrogens is 2. The summed E-state index contributed by atoms with van der Waals surface area (Å²) in [6.07, 6.45) is 3.43. The summed E-state index contributed by atoms with van der Waals surface area (Å²) in [5.74, 6) is 2.33. The number of methoxy groups -OCH3 is 1. The molecule has 2 aromatic heterocycles. The average molecular weight is 393 g/mol. The summed E-state index contributed by atoms with van der Waals surface area (Å²) < 4.78 is 21.6. The molecule has 1 unspecified atom stereocenters. The highest BCUT2D eigenvalue weighted by Gasteiger charge is 2.34. The number of rotatable bonds is 4. The minimum Gasteiger partial charge on any atom is -0.495 e. The van der Waals surface area contributed by atoms with Crippen LogP contribution in [0.25, 0.3) is 11.3 Å². The lowest BCUT2D eigenvalue weighted by atomic mass is 10.1. The molecule has 8 heteroatoms. The van der Waals surface area contributed by atoms with Gasteiger partial charge >= 0.3 is 0 Å². The van der Waals surface area contributed by atoms with Gasteiger partial charge in [0.05, 0.1) is 13.2 Å². The molecule has 1 fully saturated rings. The predicted octanol–water partition coefficient (Wildman–Crippen LogP) is 3.45. The first-order valence-corrected chi connectivity index (χ1v) is 9.41. The standard InChI is InChI=1S/C21H19N3O5/c1-26-17-5-2-8-22-20(17)15-4-3-9-24(15)21(25)14-11-18(29-23-14)13-6-7-16-19(10-13)28-12-27-16/h2,5-8,10-11,15H,3-4,9,12H2,1H3. The molecule has 1 atom stereocenters. The van der Waals surface area contributed by atoms with Crippen LogP contribution in [0.4, 0.5) is 0 Å². The Kier molecular flexibility index (Phi) is 4.31. The third kappa shape index (κ3) is 3.06. The predicted molar refractivity (Wildman–Crippen MR) is 102 cm³/mol. The Hall–Kier alpha value is -3.55. The lowest BCUT2D eigenvalue weighted by Crippen LogP contribution is -2.31. The Morgan fingerprint density at radius 2 is 2.10 bits per heavy atom. The first kappa shape index (κ1) is 17.5. The van der Waals surface area contributed by atoms with Crippen LogP contribution in [0.15, 0.2) is 47.1 Å². The molecule has 3 aromatic rings. The zero-order valence-electron chi connectivity index (χ0n) is 15.8. The van der Waals surface area contributed by atoms with E-state index in [2.05, 4.69) is 10.1 Å². The van der Waals surface area contributed by atoms with E-state index in [9.17, 15) is 4.79 Å². The fourth-order valence-corrected chi connectivity index (χ4v) is 3.83. The second-order valence-corrected chi connectivity index (χ2v) is 6.89. The van der Waals surface area contributed by atoms with Gasteiger partial charge in [-0.3, -0.25) is 9.78 Å².